The Balaban J connectivity index is 1.49. The van der Waals surface area contributed by atoms with E-state index in [0.717, 1.165) is 29.7 Å². The number of aliphatic hydroxyl groups is 1. The predicted molar refractivity (Wildman–Crippen MR) is 130 cm³/mol. The lowest BCUT2D eigenvalue weighted by atomic mass is 10.1. The van der Waals surface area contributed by atoms with Crippen LogP contribution in [0.2, 0.25) is 0 Å². The number of unbranched alkanes of at least 4 members (excludes halogenated alkanes) is 3. The van der Waals surface area contributed by atoms with Gasteiger partial charge in [0, 0.05) is 16.0 Å². The number of carbonyl (C=O) groups is 1. The first-order chi connectivity index (χ1) is 15.6. The average Bonchev–Trinajstić information content (AvgIpc) is 3.33. The molecule has 4 rings (SSSR count). The fraction of sp³-hybridized carbons (Fsp3) is 0.370. The van der Waals surface area contributed by atoms with Crippen molar-refractivity contribution in [2.24, 2.45) is 0 Å². The van der Waals surface area contributed by atoms with Crippen LogP contribution < -0.4 is 4.74 Å². The van der Waals surface area contributed by atoms with E-state index in [1.165, 1.54) is 17.7 Å². The highest BCUT2D eigenvalue weighted by atomic mass is 32.1. The van der Waals surface area contributed by atoms with Crippen LogP contribution in [-0.4, -0.2) is 28.2 Å². The van der Waals surface area contributed by atoms with Gasteiger partial charge in [-0.1, -0.05) is 62.6 Å². The van der Waals surface area contributed by atoms with E-state index in [0.29, 0.717) is 31.6 Å². The number of para-hydroxylation sites is 1. The van der Waals surface area contributed by atoms with E-state index in [9.17, 15) is 9.90 Å². The molecule has 1 amide bonds. The van der Waals surface area contributed by atoms with E-state index in [4.69, 9.17) is 4.74 Å². The van der Waals surface area contributed by atoms with Crippen LogP contribution in [0.1, 0.15) is 61.4 Å². The third kappa shape index (κ3) is 5.40. The molecule has 1 N–H and O–H groups in total. The largest absolute Gasteiger partial charge is 0.493 e. The second kappa shape index (κ2) is 10.3. The summed E-state index contributed by atoms with van der Waals surface area (Å²) in [6.07, 6.45) is 5.79. The van der Waals surface area contributed by atoms with Crippen LogP contribution in [0, 0.1) is 0 Å². The van der Waals surface area contributed by atoms with Crippen LogP contribution in [-0.2, 0) is 6.54 Å². The molecule has 0 spiro atoms. The number of nitrogens with zero attached hydrogens (tertiary/aromatic N) is 1. The SMILES string of the molecule is CCCCCCOc1ccccc1CN(C(=O)c1ccc(-c2cccs2)cc1)C1(O)CC1. The zero-order valence-electron chi connectivity index (χ0n) is 18.6. The van der Waals surface area contributed by atoms with Gasteiger partial charge < -0.3 is 14.7 Å². The summed E-state index contributed by atoms with van der Waals surface area (Å²) >= 11 is 1.68. The molecule has 1 aliphatic rings. The van der Waals surface area contributed by atoms with Gasteiger partial charge in [0.25, 0.3) is 5.91 Å². The molecule has 168 valence electrons. The molecular weight excluding hydrogens is 418 g/mol. The van der Waals surface area contributed by atoms with Crippen molar-refractivity contribution in [1.29, 1.82) is 0 Å². The van der Waals surface area contributed by atoms with Crippen LogP contribution in [0.3, 0.4) is 0 Å². The normalized spacial score (nSPS) is 14.2. The number of thiophene rings is 1. The zero-order valence-corrected chi connectivity index (χ0v) is 19.4. The molecule has 1 fully saturated rings. The maximum atomic E-state index is 13.4. The lowest BCUT2D eigenvalue weighted by Crippen LogP contribution is -2.41. The van der Waals surface area contributed by atoms with E-state index in [2.05, 4.69) is 13.0 Å². The van der Waals surface area contributed by atoms with Gasteiger partial charge >= 0.3 is 0 Å². The summed E-state index contributed by atoms with van der Waals surface area (Å²) < 4.78 is 6.04. The first-order valence-corrected chi connectivity index (χ1v) is 12.4. The maximum absolute atomic E-state index is 13.4. The monoisotopic (exact) mass is 449 g/mol. The zero-order chi connectivity index (χ0) is 22.4. The van der Waals surface area contributed by atoms with E-state index < -0.39 is 5.72 Å². The summed E-state index contributed by atoms with van der Waals surface area (Å²) in [6.45, 7) is 3.19. The number of benzene rings is 2. The second-order valence-electron chi connectivity index (χ2n) is 8.45. The topological polar surface area (TPSA) is 49.8 Å². The lowest BCUT2D eigenvalue weighted by molar-refractivity contribution is -0.0150. The van der Waals surface area contributed by atoms with Gasteiger partial charge in [-0.15, -0.1) is 11.3 Å². The molecule has 5 heteroatoms. The number of hydrogen-bond donors (Lipinski definition) is 1. The predicted octanol–water partition coefficient (Wildman–Crippen LogP) is 6.50. The van der Waals surface area contributed by atoms with Crippen molar-refractivity contribution in [3.05, 3.63) is 77.2 Å². The van der Waals surface area contributed by atoms with Gasteiger partial charge in [-0.2, -0.15) is 0 Å². The molecule has 2 aromatic carbocycles. The lowest BCUT2D eigenvalue weighted by Gasteiger charge is -2.29. The summed E-state index contributed by atoms with van der Waals surface area (Å²) in [5, 5.41) is 13.0. The standard InChI is InChI=1S/C27H31NO3S/c1-2-3-4-7-18-31-24-10-6-5-9-23(24)20-28(27(30)16-17-27)26(29)22-14-12-21(13-15-22)25-11-8-19-32-25/h5-6,8-15,19,30H,2-4,7,16-18,20H2,1H3. The highest BCUT2D eigenvalue weighted by molar-refractivity contribution is 7.13. The fourth-order valence-corrected chi connectivity index (χ4v) is 4.56. The highest BCUT2D eigenvalue weighted by Crippen LogP contribution is 2.41. The summed E-state index contributed by atoms with van der Waals surface area (Å²) in [5.41, 5.74) is 1.53. The van der Waals surface area contributed by atoms with Gasteiger partial charge in [0.1, 0.15) is 11.5 Å². The number of ether oxygens (including phenoxy) is 1. The van der Waals surface area contributed by atoms with Crippen molar-refractivity contribution in [1.82, 2.24) is 4.90 Å². The van der Waals surface area contributed by atoms with Crippen LogP contribution in [0.25, 0.3) is 10.4 Å². The number of amides is 1. The third-order valence-corrected chi connectivity index (χ3v) is 6.86. The van der Waals surface area contributed by atoms with Crippen molar-refractivity contribution in [2.75, 3.05) is 6.61 Å². The third-order valence-electron chi connectivity index (χ3n) is 5.94. The van der Waals surface area contributed by atoms with E-state index in [-0.39, 0.29) is 5.91 Å². The molecule has 1 aromatic heterocycles. The Morgan fingerprint density at radius 1 is 1.03 bits per heavy atom. The number of carbonyl (C=O) groups excluding carboxylic acids is 1. The Labute approximate surface area is 194 Å². The minimum atomic E-state index is -1.07. The number of hydrogen-bond acceptors (Lipinski definition) is 4. The molecule has 0 aliphatic heterocycles. The van der Waals surface area contributed by atoms with Gasteiger partial charge in [0.05, 0.1) is 13.2 Å². The van der Waals surface area contributed by atoms with Gasteiger partial charge in [-0.05, 0) is 54.5 Å². The van der Waals surface area contributed by atoms with Crippen LogP contribution in [0.5, 0.6) is 5.75 Å². The van der Waals surface area contributed by atoms with E-state index in [1.54, 1.807) is 16.2 Å². The van der Waals surface area contributed by atoms with Crippen LogP contribution >= 0.6 is 11.3 Å². The Kier molecular flexibility index (Phi) is 7.28. The van der Waals surface area contributed by atoms with Gasteiger partial charge in [-0.25, -0.2) is 0 Å². The Morgan fingerprint density at radius 2 is 1.81 bits per heavy atom. The Morgan fingerprint density at radius 3 is 2.50 bits per heavy atom. The van der Waals surface area contributed by atoms with Gasteiger partial charge in [-0.3, -0.25) is 4.79 Å². The van der Waals surface area contributed by atoms with Crippen molar-refractivity contribution in [3.8, 4) is 16.2 Å². The van der Waals surface area contributed by atoms with Crippen molar-refractivity contribution >= 4 is 17.2 Å². The van der Waals surface area contributed by atoms with Crippen molar-refractivity contribution in [3.63, 3.8) is 0 Å². The molecule has 1 heterocycles. The quantitative estimate of drug-likeness (QED) is 0.268. The molecule has 3 aromatic rings. The molecule has 32 heavy (non-hydrogen) atoms. The summed E-state index contributed by atoms with van der Waals surface area (Å²) in [7, 11) is 0. The molecular formula is C27H31NO3S. The number of rotatable bonds is 11. The molecule has 0 bridgehead atoms. The van der Waals surface area contributed by atoms with Gasteiger partial charge in [0.2, 0.25) is 0 Å². The van der Waals surface area contributed by atoms with E-state index >= 15 is 0 Å². The van der Waals surface area contributed by atoms with Gasteiger partial charge in [0.15, 0.2) is 0 Å². The molecule has 0 radical (unpaired) electrons. The highest BCUT2D eigenvalue weighted by Gasteiger charge is 2.49. The average molecular weight is 450 g/mol. The fourth-order valence-electron chi connectivity index (χ4n) is 3.82. The van der Waals surface area contributed by atoms with Crippen LogP contribution in [0.4, 0.5) is 0 Å². The maximum Gasteiger partial charge on any atom is 0.256 e. The first-order valence-electron chi connectivity index (χ1n) is 11.5. The Hall–Kier alpha value is -2.63. The van der Waals surface area contributed by atoms with Crippen molar-refractivity contribution < 1.29 is 14.6 Å². The Bertz CT molecular complexity index is 1010. The van der Waals surface area contributed by atoms with E-state index in [1.807, 2.05) is 60.0 Å². The first kappa shape index (κ1) is 22.6. The van der Waals surface area contributed by atoms with Crippen LogP contribution in [0.15, 0.2) is 66.0 Å². The molecule has 4 nitrogen and oxygen atoms in total. The van der Waals surface area contributed by atoms with Crippen molar-refractivity contribution in [2.45, 2.75) is 57.7 Å². The summed E-state index contributed by atoms with van der Waals surface area (Å²) in [4.78, 5) is 16.2. The summed E-state index contributed by atoms with van der Waals surface area (Å²) in [6, 6.07) is 19.6. The molecule has 1 saturated carbocycles. The molecule has 0 unspecified atom stereocenters. The second-order valence-corrected chi connectivity index (χ2v) is 9.39. The minimum Gasteiger partial charge on any atom is -0.493 e. The smallest absolute Gasteiger partial charge is 0.256 e. The molecule has 1 aliphatic carbocycles. The molecule has 0 saturated heterocycles. The summed E-state index contributed by atoms with van der Waals surface area (Å²) in [5.74, 6) is 0.638. The minimum absolute atomic E-state index is 0.152. The molecule has 0 atom stereocenters.